The molecule has 0 amide bonds. The van der Waals surface area contributed by atoms with Crippen LogP contribution in [-0.4, -0.2) is 30.1 Å². The van der Waals surface area contributed by atoms with E-state index in [1.165, 1.54) is 58.0 Å². The van der Waals surface area contributed by atoms with Crippen LogP contribution in [-0.2, 0) is 0 Å². The lowest BCUT2D eigenvalue weighted by atomic mass is 9.67. The Morgan fingerprint density at radius 2 is 1.76 bits per heavy atom. The molecule has 0 aromatic carbocycles. The van der Waals surface area contributed by atoms with Crippen LogP contribution < -0.4 is 5.73 Å². The summed E-state index contributed by atoms with van der Waals surface area (Å²) in [6.45, 7) is 15.5. The summed E-state index contributed by atoms with van der Waals surface area (Å²) in [5.41, 5.74) is 7.53. The maximum Gasteiger partial charge on any atom is 0.0336 e. The first kappa shape index (κ1) is 17.3. The molecule has 0 radical (unpaired) electrons. The molecule has 1 saturated heterocycles. The maximum atomic E-state index is 6.32. The minimum Gasteiger partial charge on any atom is -0.329 e. The van der Waals surface area contributed by atoms with Crippen molar-refractivity contribution < 1.29 is 0 Å². The Hall–Kier alpha value is -0.0800. The van der Waals surface area contributed by atoms with Gasteiger partial charge in [-0.2, -0.15) is 0 Å². The van der Waals surface area contributed by atoms with Crippen molar-refractivity contribution in [1.29, 1.82) is 0 Å². The molecule has 1 saturated carbocycles. The van der Waals surface area contributed by atoms with Crippen molar-refractivity contribution in [3.8, 4) is 0 Å². The van der Waals surface area contributed by atoms with E-state index in [4.69, 9.17) is 5.73 Å². The molecule has 2 unspecified atom stereocenters. The predicted molar refractivity (Wildman–Crippen MR) is 92.4 cm³/mol. The minimum atomic E-state index is 0.286. The summed E-state index contributed by atoms with van der Waals surface area (Å²) in [7, 11) is 0. The fraction of sp³-hybridized carbons (Fsp3) is 1.00. The van der Waals surface area contributed by atoms with Gasteiger partial charge in [0.15, 0.2) is 0 Å². The van der Waals surface area contributed by atoms with E-state index < -0.39 is 0 Å². The maximum absolute atomic E-state index is 6.32. The largest absolute Gasteiger partial charge is 0.329 e. The quantitative estimate of drug-likeness (QED) is 0.816. The highest BCUT2D eigenvalue weighted by molar-refractivity contribution is 5.00. The number of hydrogen-bond acceptors (Lipinski definition) is 2. The van der Waals surface area contributed by atoms with E-state index in [9.17, 15) is 0 Å². The van der Waals surface area contributed by atoms with Crippen molar-refractivity contribution in [2.24, 2.45) is 22.5 Å². The number of nitrogens with zero attached hydrogens (tertiary/aromatic N) is 1. The van der Waals surface area contributed by atoms with Crippen molar-refractivity contribution in [1.82, 2.24) is 4.90 Å². The number of nitrogens with two attached hydrogens (primary N) is 1. The van der Waals surface area contributed by atoms with Crippen LogP contribution in [0.5, 0.6) is 0 Å². The van der Waals surface area contributed by atoms with Gasteiger partial charge in [-0.3, -0.25) is 4.90 Å². The molecule has 21 heavy (non-hydrogen) atoms. The molecular formula is C19H38N2. The van der Waals surface area contributed by atoms with Gasteiger partial charge in [0.1, 0.15) is 0 Å². The third-order valence-electron chi connectivity index (χ3n) is 6.31. The van der Waals surface area contributed by atoms with Crippen molar-refractivity contribution in [2.45, 2.75) is 85.1 Å². The summed E-state index contributed by atoms with van der Waals surface area (Å²) >= 11 is 0. The lowest BCUT2D eigenvalue weighted by molar-refractivity contribution is 0.0103. The summed E-state index contributed by atoms with van der Waals surface area (Å²) < 4.78 is 0. The molecule has 2 rings (SSSR count). The number of likely N-dealkylation sites (tertiary alicyclic amines) is 1. The van der Waals surface area contributed by atoms with Crippen molar-refractivity contribution >= 4 is 0 Å². The zero-order valence-corrected chi connectivity index (χ0v) is 15.2. The van der Waals surface area contributed by atoms with Gasteiger partial charge in [0.2, 0.25) is 0 Å². The van der Waals surface area contributed by atoms with Gasteiger partial charge in [0.05, 0.1) is 0 Å². The smallest absolute Gasteiger partial charge is 0.0336 e. The zero-order chi connectivity index (χ0) is 15.7. The Balaban J connectivity index is 2.09. The van der Waals surface area contributed by atoms with Crippen molar-refractivity contribution in [3.05, 3.63) is 0 Å². The molecule has 2 aliphatic rings. The van der Waals surface area contributed by atoms with Gasteiger partial charge in [-0.05, 0) is 68.4 Å². The highest BCUT2D eigenvalue weighted by Gasteiger charge is 2.43. The standard InChI is InChI=1S/C19H38N2/c1-17(2,3)16-8-6-12-21(13-9-16)19(15-20)11-7-10-18(4,5)14-19/h16H,6-15,20H2,1-5H3. The first-order valence-electron chi connectivity index (χ1n) is 9.14. The molecule has 1 aliphatic heterocycles. The van der Waals surface area contributed by atoms with Crippen LogP contribution in [0.1, 0.15) is 79.6 Å². The van der Waals surface area contributed by atoms with Crippen LogP contribution in [0, 0.1) is 16.7 Å². The minimum absolute atomic E-state index is 0.286. The SMILES string of the molecule is CC1(C)CCCC(CN)(N2CCCC(C(C)(C)C)CC2)C1. The van der Waals surface area contributed by atoms with Crippen LogP contribution in [0.15, 0.2) is 0 Å². The van der Waals surface area contributed by atoms with Gasteiger partial charge in [0, 0.05) is 12.1 Å². The van der Waals surface area contributed by atoms with Crippen molar-refractivity contribution in [3.63, 3.8) is 0 Å². The van der Waals surface area contributed by atoms with Gasteiger partial charge >= 0.3 is 0 Å². The molecule has 0 aromatic rings. The predicted octanol–water partition coefficient (Wildman–Crippen LogP) is 4.43. The molecule has 2 atom stereocenters. The molecule has 124 valence electrons. The number of rotatable bonds is 2. The first-order valence-corrected chi connectivity index (χ1v) is 9.14. The van der Waals surface area contributed by atoms with Gasteiger partial charge in [-0.15, -0.1) is 0 Å². The zero-order valence-electron chi connectivity index (χ0n) is 15.2. The van der Waals surface area contributed by atoms with E-state index in [1.807, 2.05) is 0 Å². The molecule has 0 bridgehead atoms. The molecule has 1 aliphatic carbocycles. The summed E-state index contributed by atoms with van der Waals surface area (Å²) in [5, 5.41) is 0. The van der Waals surface area contributed by atoms with Gasteiger partial charge in [-0.25, -0.2) is 0 Å². The van der Waals surface area contributed by atoms with E-state index in [0.29, 0.717) is 10.8 Å². The molecule has 0 aromatic heterocycles. The average Bonchev–Trinajstić information content (AvgIpc) is 2.63. The van der Waals surface area contributed by atoms with Gasteiger partial charge in [0.25, 0.3) is 0 Å². The van der Waals surface area contributed by atoms with Crippen LogP contribution >= 0.6 is 0 Å². The molecule has 1 heterocycles. The third-order valence-corrected chi connectivity index (χ3v) is 6.31. The lowest BCUT2D eigenvalue weighted by Crippen LogP contribution is -2.58. The molecule has 2 fully saturated rings. The van der Waals surface area contributed by atoms with E-state index in [2.05, 4.69) is 39.5 Å². The molecular weight excluding hydrogens is 256 g/mol. The molecule has 0 spiro atoms. The average molecular weight is 295 g/mol. The summed E-state index contributed by atoms with van der Waals surface area (Å²) in [4.78, 5) is 2.79. The Kier molecular flexibility index (Phi) is 5.10. The second-order valence-electron chi connectivity index (χ2n) is 9.60. The van der Waals surface area contributed by atoms with Crippen LogP contribution in [0.25, 0.3) is 0 Å². The number of hydrogen-bond donors (Lipinski definition) is 1. The fourth-order valence-electron chi connectivity index (χ4n) is 4.97. The summed E-state index contributed by atoms with van der Waals surface area (Å²) in [6, 6.07) is 0. The van der Waals surface area contributed by atoms with E-state index >= 15 is 0 Å². The Morgan fingerprint density at radius 1 is 1.05 bits per heavy atom. The second-order valence-corrected chi connectivity index (χ2v) is 9.60. The van der Waals surface area contributed by atoms with E-state index in [0.717, 1.165) is 12.5 Å². The Morgan fingerprint density at radius 3 is 2.33 bits per heavy atom. The molecule has 2 nitrogen and oxygen atoms in total. The second kappa shape index (κ2) is 6.20. The van der Waals surface area contributed by atoms with Crippen molar-refractivity contribution in [2.75, 3.05) is 19.6 Å². The Bertz CT molecular complexity index is 342. The fourth-order valence-corrected chi connectivity index (χ4v) is 4.97. The Labute approximate surface area is 132 Å². The lowest BCUT2D eigenvalue weighted by Gasteiger charge is -2.51. The first-order chi connectivity index (χ1) is 9.69. The van der Waals surface area contributed by atoms with Crippen LogP contribution in [0.4, 0.5) is 0 Å². The topological polar surface area (TPSA) is 29.3 Å². The van der Waals surface area contributed by atoms with E-state index in [-0.39, 0.29) is 5.54 Å². The molecule has 2 N–H and O–H groups in total. The van der Waals surface area contributed by atoms with Gasteiger partial charge < -0.3 is 5.73 Å². The van der Waals surface area contributed by atoms with Crippen LogP contribution in [0.2, 0.25) is 0 Å². The molecule has 2 heteroatoms. The van der Waals surface area contributed by atoms with Gasteiger partial charge in [-0.1, -0.05) is 41.0 Å². The highest BCUT2D eigenvalue weighted by atomic mass is 15.2. The summed E-state index contributed by atoms with van der Waals surface area (Å²) in [6.07, 6.45) is 9.42. The highest BCUT2D eigenvalue weighted by Crippen LogP contribution is 2.45. The summed E-state index contributed by atoms with van der Waals surface area (Å²) in [5.74, 6) is 0.869. The van der Waals surface area contributed by atoms with Crippen LogP contribution in [0.3, 0.4) is 0 Å². The normalized spacial score (nSPS) is 35.4. The van der Waals surface area contributed by atoms with E-state index in [1.54, 1.807) is 0 Å². The monoisotopic (exact) mass is 294 g/mol. The third kappa shape index (κ3) is 4.01.